The van der Waals surface area contributed by atoms with Crippen molar-refractivity contribution >= 4 is 0 Å². The van der Waals surface area contributed by atoms with Gasteiger partial charge >= 0.3 is 0 Å². The summed E-state index contributed by atoms with van der Waals surface area (Å²) in [5, 5.41) is 7.42. The van der Waals surface area contributed by atoms with Gasteiger partial charge in [-0.05, 0) is 18.3 Å². The number of hydrogen-bond acceptors (Lipinski definition) is 3. The van der Waals surface area contributed by atoms with Crippen molar-refractivity contribution < 1.29 is 0 Å². The maximum atomic E-state index is 4.15. The molecule has 0 aliphatic heterocycles. The number of aryl methyl sites for hydroxylation is 1. The third kappa shape index (κ3) is 2.06. The van der Waals surface area contributed by atoms with Gasteiger partial charge in [0.25, 0.3) is 0 Å². The van der Waals surface area contributed by atoms with Gasteiger partial charge in [0, 0.05) is 13.6 Å². The van der Waals surface area contributed by atoms with E-state index >= 15 is 0 Å². The van der Waals surface area contributed by atoms with E-state index in [4.69, 9.17) is 0 Å². The second-order valence-electron chi connectivity index (χ2n) is 4.21. The van der Waals surface area contributed by atoms with Crippen molar-refractivity contribution in [3.05, 3.63) is 12.2 Å². The van der Waals surface area contributed by atoms with Crippen molar-refractivity contribution in [1.82, 2.24) is 20.1 Å². The smallest absolute Gasteiger partial charge is 0.140 e. The van der Waals surface area contributed by atoms with Crippen LogP contribution in [0, 0.1) is 5.41 Å². The number of hydrogen-bond donors (Lipinski definition) is 1. The first kappa shape index (κ1) is 8.69. The van der Waals surface area contributed by atoms with E-state index in [-0.39, 0.29) is 0 Å². The molecule has 0 saturated heterocycles. The van der Waals surface area contributed by atoms with Crippen LogP contribution < -0.4 is 5.32 Å². The molecule has 1 aromatic rings. The highest BCUT2D eigenvalue weighted by Crippen LogP contribution is 2.43. The quantitative estimate of drug-likeness (QED) is 0.742. The molecule has 1 N–H and O–H groups in total. The van der Waals surface area contributed by atoms with E-state index in [1.165, 1.54) is 12.8 Å². The second-order valence-corrected chi connectivity index (χ2v) is 4.21. The number of rotatable bonds is 4. The summed E-state index contributed by atoms with van der Waals surface area (Å²) in [6.45, 7) is 4.24. The van der Waals surface area contributed by atoms with Gasteiger partial charge in [-0.15, -0.1) is 0 Å². The van der Waals surface area contributed by atoms with Crippen LogP contribution in [0.1, 0.15) is 25.6 Å². The van der Waals surface area contributed by atoms with E-state index in [9.17, 15) is 0 Å². The third-order valence-corrected chi connectivity index (χ3v) is 2.74. The van der Waals surface area contributed by atoms with E-state index < -0.39 is 0 Å². The molecule has 1 saturated carbocycles. The summed E-state index contributed by atoms with van der Waals surface area (Å²) in [5.41, 5.74) is 0.568. The molecule has 1 aliphatic rings. The molecule has 4 nitrogen and oxygen atoms in total. The molecule has 0 unspecified atom stereocenters. The lowest BCUT2D eigenvalue weighted by Gasteiger charge is -2.08. The Balaban J connectivity index is 1.77. The molecule has 4 heteroatoms. The summed E-state index contributed by atoms with van der Waals surface area (Å²) >= 11 is 0. The summed E-state index contributed by atoms with van der Waals surface area (Å²) in [5.74, 6) is 1.00. The van der Waals surface area contributed by atoms with Crippen molar-refractivity contribution in [2.45, 2.75) is 26.3 Å². The highest BCUT2D eigenvalue weighted by molar-refractivity contribution is 4.91. The molecule has 2 rings (SSSR count). The number of nitrogens with one attached hydrogen (secondary N) is 1. The first-order valence-electron chi connectivity index (χ1n) is 4.73. The average Bonchev–Trinajstić information content (AvgIpc) is 2.68. The molecule has 0 aromatic carbocycles. The molecule has 1 aliphatic carbocycles. The molecule has 0 amide bonds. The molecule has 1 fully saturated rings. The minimum Gasteiger partial charge on any atom is -0.309 e. The van der Waals surface area contributed by atoms with Gasteiger partial charge in [-0.2, -0.15) is 5.10 Å². The van der Waals surface area contributed by atoms with Crippen molar-refractivity contribution in [2.75, 3.05) is 6.54 Å². The summed E-state index contributed by atoms with van der Waals surface area (Å²) in [6.07, 6.45) is 4.31. The normalized spacial score (nSPS) is 18.9. The van der Waals surface area contributed by atoms with Gasteiger partial charge in [0.2, 0.25) is 0 Å². The van der Waals surface area contributed by atoms with Crippen LogP contribution in [-0.4, -0.2) is 21.3 Å². The van der Waals surface area contributed by atoms with Crippen molar-refractivity contribution in [1.29, 1.82) is 0 Å². The van der Waals surface area contributed by atoms with Crippen LogP contribution in [0.25, 0.3) is 0 Å². The largest absolute Gasteiger partial charge is 0.309 e. The average molecular weight is 180 g/mol. The minimum absolute atomic E-state index is 0.568. The third-order valence-electron chi connectivity index (χ3n) is 2.74. The fraction of sp³-hybridized carbons (Fsp3) is 0.778. The first-order chi connectivity index (χ1) is 6.20. The van der Waals surface area contributed by atoms with Crippen LogP contribution >= 0.6 is 0 Å². The molecule has 0 bridgehead atoms. The maximum absolute atomic E-state index is 4.15. The van der Waals surface area contributed by atoms with E-state index in [0.29, 0.717) is 5.41 Å². The number of nitrogens with zero attached hydrogens (tertiary/aromatic N) is 3. The monoisotopic (exact) mass is 180 g/mol. The standard InChI is InChI=1S/C9H16N4/c1-9(3-4-9)6-10-5-8-11-7-12-13(8)2/h7,10H,3-6H2,1-2H3. The van der Waals surface area contributed by atoms with E-state index in [1.807, 2.05) is 11.7 Å². The van der Waals surface area contributed by atoms with Crippen molar-refractivity contribution in [2.24, 2.45) is 12.5 Å². The molecule has 13 heavy (non-hydrogen) atoms. The minimum atomic E-state index is 0.568. The van der Waals surface area contributed by atoms with Crippen molar-refractivity contribution in [3.63, 3.8) is 0 Å². The van der Waals surface area contributed by atoms with Gasteiger partial charge < -0.3 is 5.32 Å². The Hall–Kier alpha value is -0.900. The lowest BCUT2D eigenvalue weighted by Crippen LogP contribution is -2.23. The molecule has 72 valence electrons. The van der Waals surface area contributed by atoms with Crippen molar-refractivity contribution in [3.8, 4) is 0 Å². The van der Waals surface area contributed by atoms with E-state index in [0.717, 1.165) is 18.9 Å². The lowest BCUT2D eigenvalue weighted by atomic mass is 10.1. The molecule has 1 aromatic heterocycles. The fourth-order valence-corrected chi connectivity index (χ4v) is 1.35. The second kappa shape index (κ2) is 3.10. The molecule has 0 radical (unpaired) electrons. The molecular formula is C9H16N4. The van der Waals surface area contributed by atoms with Crippen LogP contribution in [-0.2, 0) is 13.6 Å². The lowest BCUT2D eigenvalue weighted by molar-refractivity contribution is 0.486. The van der Waals surface area contributed by atoms with Gasteiger partial charge in [0.05, 0.1) is 6.54 Å². The fourth-order valence-electron chi connectivity index (χ4n) is 1.35. The summed E-state index contributed by atoms with van der Waals surface area (Å²) < 4.78 is 1.81. The Bertz CT molecular complexity index is 288. The highest BCUT2D eigenvalue weighted by atomic mass is 15.3. The Morgan fingerprint density at radius 3 is 2.92 bits per heavy atom. The Morgan fingerprint density at radius 2 is 2.38 bits per heavy atom. The van der Waals surface area contributed by atoms with E-state index in [2.05, 4.69) is 22.3 Å². The van der Waals surface area contributed by atoms with Crippen LogP contribution in [0.5, 0.6) is 0 Å². The van der Waals surface area contributed by atoms with E-state index in [1.54, 1.807) is 6.33 Å². The zero-order chi connectivity index (χ0) is 9.31. The maximum Gasteiger partial charge on any atom is 0.140 e. The Kier molecular flexibility index (Phi) is 2.07. The topological polar surface area (TPSA) is 42.7 Å². The highest BCUT2D eigenvalue weighted by Gasteiger charge is 2.36. The molecular weight excluding hydrogens is 164 g/mol. The van der Waals surface area contributed by atoms with Gasteiger partial charge in [-0.1, -0.05) is 6.92 Å². The van der Waals surface area contributed by atoms with Crippen LogP contribution in [0.3, 0.4) is 0 Å². The molecule has 1 heterocycles. The predicted molar refractivity (Wildman–Crippen MR) is 50.1 cm³/mol. The Morgan fingerprint density at radius 1 is 1.62 bits per heavy atom. The molecule has 0 spiro atoms. The summed E-state index contributed by atoms with van der Waals surface area (Å²) in [4.78, 5) is 4.15. The Labute approximate surface area is 78.4 Å². The van der Waals surface area contributed by atoms with Gasteiger partial charge in [0.1, 0.15) is 12.2 Å². The summed E-state index contributed by atoms with van der Waals surface area (Å²) in [7, 11) is 1.92. The van der Waals surface area contributed by atoms with Crippen LogP contribution in [0.15, 0.2) is 6.33 Å². The van der Waals surface area contributed by atoms with Gasteiger partial charge in [-0.25, -0.2) is 4.98 Å². The zero-order valence-electron chi connectivity index (χ0n) is 8.25. The van der Waals surface area contributed by atoms with Crippen LogP contribution in [0.4, 0.5) is 0 Å². The van der Waals surface area contributed by atoms with Crippen LogP contribution in [0.2, 0.25) is 0 Å². The van der Waals surface area contributed by atoms with Gasteiger partial charge in [0.15, 0.2) is 0 Å². The zero-order valence-corrected chi connectivity index (χ0v) is 8.25. The summed E-state index contributed by atoms with van der Waals surface area (Å²) in [6, 6.07) is 0. The van der Waals surface area contributed by atoms with Gasteiger partial charge in [-0.3, -0.25) is 4.68 Å². The number of aromatic nitrogens is 3. The molecule has 0 atom stereocenters. The SMILES string of the molecule is Cn1ncnc1CNCC1(C)CC1. The first-order valence-corrected chi connectivity index (χ1v) is 4.73. The predicted octanol–water partition coefficient (Wildman–Crippen LogP) is 0.705.